The summed E-state index contributed by atoms with van der Waals surface area (Å²) in [6, 6.07) is 12.7. The first-order valence-electron chi connectivity index (χ1n) is 13.1. The molecule has 0 spiro atoms. The molecule has 2 aliphatic heterocycles. The second-order valence-corrected chi connectivity index (χ2v) is 11.8. The molecule has 5 rings (SSSR count). The van der Waals surface area contributed by atoms with E-state index < -0.39 is 10.0 Å². The van der Waals surface area contributed by atoms with Crippen molar-refractivity contribution >= 4 is 15.9 Å². The van der Waals surface area contributed by atoms with Crippen molar-refractivity contribution in [2.75, 3.05) is 19.8 Å². The third kappa shape index (κ3) is 5.59. The predicted molar refractivity (Wildman–Crippen MR) is 143 cm³/mol. The van der Waals surface area contributed by atoms with Crippen molar-refractivity contribution in [3.63, 3.8) is 0 Å². The van der Waals surface area contributed by atoms with Gasteiger partial charge in [-0.2, -0.15) is 5.11 Å². The van der Waals surface area contributed by atoms with Crippen molar-refractivity contribution in [2.45, 2.75) is 68.2 Å². The number of aryl methyl sites for hydroxylation is 1. The van der Waals surface area contributed by atoms with E-state index in [-0.39, 0.29) is 11.6 Å². The molecule has 1 saturated carbocycles. The molecule has 2 heterocycles. The molecule has 0 radical (unpaired) electrons. The largest absolute Gasteiger partial charge is 0.328 e. The molecule has 8 nitrogen and oxygen atoms in total. The van der Waals surface area contributed by atoms with Gasteiger partial charge in [0.2, 0.25) is 10.0 Å². The molecule has 36 heavy (non-hydrogen) atoms. The molecule has 1 aliphatic carbocycles. The minimum absolute atomic E-state index is 0.134. The quantitative estimate of drug-likeness (QED) is 0.519. The zero-order valence-electron chi connectivity index (χ0n) is 20.7. The summed E-state index contributed by atoms with van der Waals surface area (Å²) < 4.78 is 26.0. The minimum Gasteiger partial charge on any atom is -0.328 e. The molecule has 9 heteroatoms. The summed E-state index contributed by atoms with van der Waals surface area (Å²) in [5.74, 6) is 1.43. The molecule has 0 atom stereocenters. The maximum atomic E-state index is 13.0. The molecular weight excluding hydrogens is 472 g/mol. The third-order valence-corrected chi connectivity index (χ3v) is 8.98. The van der Waals surface area contributed by atoms with Gasteiger partial charge in [0.05, 0.1) is 4.90 Å². The molecule has 2 aromatic carbocycles. The number of aliphatic imine (C=N–C) groups is 1. The SMILES string of the molecule is NC1CCC(CCc2ccc(-c3ccc(C4CCNCC4)cc3)c(C3=NCN=N3)c2S(N)(=O)=O)CC1. The number of rotatable bonds is 7. The van der Waals surface area contributed by atoms with E-state index in [1.165, 1.54) is 5.56 Å². The lowest BCUT2D eigenvalue weighted by molar-refractivity contribution is 0.310. The van der Waals surface area contributed by atoms with Crippen molar-refractivity contribution < 1.29 is 8.42 Å². The monoisotopic (exact) mass is 508 g/mol. The van der Waals surface area contributed by atoms with Gasteiger partial charge in [-0.05, 0) is 98.5 Å². The Morgan fingerprint density at radius 1 is 0.944 bits per heavy atom. The zero-order chi connectivity index (χ0) is 25.1. The standard InChI is InChI=1S/C27H36N6O2S/c28-23-10-2-18(3-11-23)1-4-22-9-12-24(25(26(22)36(29,34)35)27-31-17-32-33-27)21-7-5-19(6-8-21)20-13-15-30-16-14-20/h5-9,12,18,20,23,30H,1-4,10-11,13-17,28H2,(H2,29,34,35). The molecule has 192 valence electrons. The number of benzene rings is 2. The fourth-order valence-electron chi connectivity index (χ4n) is 5.89. The number of nitrogens with zero attached hydrogens (tertiary/aromatic N) is 3. The average molecular weight is 509 g/mol. The summed E-state index contributed by atoms with van der Waals surface area (Å²) in [5.41, 5.74) is 10.3. The third-order valence-electron chi connectivity index (χ3n) is 7.94. The number of piperidine rings is 1. The number of hydrogen-bond donors (Lipinski definition) is 3. The summed E-state index contributed by atoms with van der Waals surface area (Å²) in [6.45, 7) is 2.27. The van der Waals surface area contributed by atoms with E-state index in [1.807, 2.05) is 12.1 Å². The Morgan fingerprint density at radius 3 is 2.31 bits per heavy atom. The number of nitrogens with one attached hydrogen (secondary N) is 1. The number of azo groups is 1. The second-order valence-electron chi connectivity index (χ2n) is 10.4. The van der Waals surface area contributed by atoms with Crippen LogP contribution in [0.15, 0.2) is 56.5 Å². The molecule has 0 aromatic heterocycles. The Morgan fingerprint density at radius 2 is 1.67 bits per heavy atom. The van der Waals surface area contributed by atoms with Crippen molar-refractivity contribution in [3.8, 4) is 11.1 Å². The minimum atomic E-state index is -4.03. The van der Waals surface area contributed by atoms with Crippen LogP contribution < -0.4 is 16.2 Å². The van der Waals surface area contributed by atoms with E-state index in [9.17, 15) is 8.42 Å². The van der Waals surface area contributed by atoms with Gasteiger partial charge in [-0.1, -0.05) is 36.4 Å². The van der Waals surface area contributed by atoms with Gasteiger partial charge in [-0.15, -0.1) is 5.11 Å². The first-order chi connectivity index (χ1) is 17.4. The molecule has 0 bridgehead atoms. The van der Waals surface area contributed by atoms with Crippen molar-refractivity contribution in [1.82, 2.24) is 5.32 Å². The molecule has 0 unspecified atom stereocenters. The molecule has 0 amide bonds. The van der Waals surface area contributed by atoms with Gasteiger partial charge in [0, 0.05) is 11.6 Å². The van der Waals surface area contributed by atoms with Crippen LogP contribution in [0.25, 0.3) is 11.1 Å². The van der Waals surface area contributed by atoms with E-state index in [0.29, 0.717) is 35.7 Å². The first-order valence-corrected chi connectivity index (χ1v) is 14.6. The highest BCUT2D eigenvalue weighted by atomic mass is 32.2. The van der Waals surface area contributed by atoms with Crippen LogP contribution in [-0.4, -0.2) is 40.1 Å². The number of sulfonamides is 1. The average Bonchev–Trinajstić information content (AvgIpc) is 3.43. The van der Waals surface area contributed by atoms with E-state index in [1.54, 1.807) is 0 Å². The lowest BCUT2D eigenvalue weighted by atomic mass is 9.82. The summed E-state index contributed by atoms with van der Waals surface area (Å²) >= 11 is 0. The molecule has 2 aromatic rings. The van der Waals surface area contributed by atoms with Crippen LogP contribution in [0.5, 0.6) is 0 Å². The number of nitrogens with two attached hydrogens (primary N) is 2. The fraction of sp³-hybridized carbons (Fsp3) is 0.519. The maximum absolute atomic E-state index is 13.0. The van der Waals surface area contributed by atoms with Gasteiger partial charge in [-0.3, -0.25) is 0 Å². The molecule has 3 aliphatic rings. The summed E-state index contributed by atoms with van der Waals surface area (Å²) in [4.78, 5) is 4.53. The summed E-state index contributed by atoms with van der Waals surface area (Å²) in [7, 11) is -4.03. The fourth-order valence-corrected chi connectivity index (χ4v) is 6.92. The topological polar surface area (TPSA) is 135 Å². The maximum Gasteiger partial charge on any atom is 0.239 e. The number of amidine groups is 1. The van der Waals surface area contributed by atoms with Gasteiger partial charge in [0.15, 0.2) is 12.5 Å². The van der Waals surface area contributed by atoms with Crippen LogP contribution >= 0.6 is 0 Å². The lowest BCUT2D eigenvalue weighted by Crippen LogP contribution is -2.26. The van der Waals surface area contributed by atoms with Gasteiger partial charge in [0.1, 0.15) is 0 Å². The number of hydrogen-bond acceptors (Lipinski definition) is 7. The van der Waals surface area contributed by atoms with Crippen molar-refractivity contribution in [3.05, 3.63) is 53.1 Å². The molecule has 5 N–H and O–H groups in total. The Kier molecular flexibility index (Phi) is 7.62. The molecule has 2 fully saturated rings. The van der Waals surface area contributed by atoms with Crippen LogP contribution in [0.3, 0.4) is 0 Å². The van der Waals surface area contributed by atoms with Gasteiger partial charge < -0.3 is 11.1 Å². The van der Waals surface area contributed by atoms with Crippen LogP contribution in [0.1, 0.15) is 67.6 Å². The second kappa shape index (κ2) is 10.9. The van der Waals surface area contributed by atoms with Gasteiger partial charge in [-0.25, -0.2) is 18.5 Å². The van der Waals surface area contributed by atoms with E-state index >= 15 is 0 Å². The van der Waals surface area contributed by atoms with Gasteiger partial charge in [0.25, 0.3) is 0 Å². The Labute approximate surface area is 213 Å². The first kappa shape index (κ1) is 25.2. The van der Waals surface area contributed by atoms with Crippen LogP contribution in [0.2, 0.25) is 0 Å². The molecule has 1 saturated heterocycles. The summed E-state index contributed by atoms with van der Waals surface area (Å²) in [6.07, 6.45) is 8.02. The van der Waals surface area contributed by atoms with Crippen LogP contribution in [0.4, 0.5) is 0 Å². The Hall–Kier alpha value is -2.46. The highest BCUT2D eigenvalue weighted by molar-refractivity contribution is 7.89. The Balaban J connectivity index is 1.51. The molecular formula is C27H36N6O2S. The van der Waals surface area contributed by atoms with E-state index in [4.69, 9.17) is 10.9 Å². The van der Waals surface area contributed by atoms with Gasteiger partial charge >= 0.3 is 0 Å². The normalized spacial score (nSPS) is 23.1. The number of primary sulfonamides is 1. The van der Waals surface area contributed by atoms with Crippen molar-refractivity contribution in [1.29, 1.82) is 0 Å². The zero-order valence-corrected chi connectivity index (χ0v) is 21.5. The Bertz CT molecular complexity index is 1240. The highest BCUT2D eigenvalue weighted by Gasteiger charge is 2.28. The van der Waals surface area contributed by atoms with Crippen molar-refractivity contribution in [2.24, 2.45) is 32.0 Å². The predicted octanol–water partition coefficient (Wildman–Crippen LogP) is 4.09. The summed E-state index contributed by atoms with van der Waals surface area (Å²) in [5, 5.41) is 17.4. The lowest BCUT2D eigenvalue weighted by Gasteiger charge is -2.26. The van der Waals surface area contributed by atoms with Crippen LogP contribution in [-0.2, 0) is 16.4 Å². The van der Waals surface area contributed by atoms with Crippen LogP contribution in [0, 0.1) is 5.92 Å². The van der Waals surface area contributed by atoms with E-state index in [0.717, 1.165) is 74.7 Å². The highest BCUT2D eigenvalue weighted by Crippen LogP contribution is 2.36. The smallest absolute Gasteiger partial charge is 0.239 e. The van der Waals surface area contributed by atoms with E-state index in [2.05, 4.69) is 44.8 Å².